The third kappa shape index (κ3) is 6.62. The first-order valence-corrected chi connectivity index (χ1v) is 10.8. The summed E-state index contributed by atoms with van der Waals surface area (Å²) in [6.45, 7) is 5.04. The number of rotatable bonds is 11. The lowest BCUT2D eigenvalue weighted by Gasteiger charge is -2.32. The van der Waals surface area contributed by atoms with E-state index in [1.165, 1.54) is 6.92 Å². The lowest BCUT2D eigenvalue weighted by Crippen LogP contribution is -2.56. The molecule has 2 N–H and O–H groups in total. The van der Waals surface area contributed by atoms with E-state index < -0.39 is 36.8 Å². The zero-order valence-electron chi connectivity index (χ0n) is 18.2. The second-order valence-corrected chi connectivity index (χ2v) is 8.92. The first-order valence-electron chi connectivity index (χ1n) is 10.8. The van der Waals surface area contributed by atoms with Crippen molar-refractivity contribution in [2.75, 3.05) is 6.61 Å². The molecule has 0 spiro atoms. The van der Waals surface area contributed by atoms with Crippen LogP contribution < -0.4 is 5.48 Å². The zero-order chi connectivity index (χ0) is 25.0. The first-order chi connectivity index (χ1) is 15.2. The van der Waals surface area contributed by atoms with E-state index in [1.54, 1.807) is 0 Å². The molecular weight excluding hydrogens is 460 g/mol. The number of fused-ring (bicyclic) bond motifs is 2. The lowest BCUT2D eigenvalue weighted by molar-refractivity contribution is -0.370. The summed E-state index contributed by atoms with van der Waals surface area (Å²) in [5.74, 6) is -0.950. The van der Waals surface area contributed by atoms with Gasteiger partial charge in [-0.2, -0.15) is 26.3 Å². The Balaban J connectivity index is 1.62. The lowest BCUT2D eigenvalue weighted by atomic mass is 9.86. The van der Waals surface area contributed by atoms with E-state index in [0.29, 0.717) is 19.3 Å². The van der Waals surface area contributed by atoms with E-state index in [1.807, 2.05) is 0 Å². The fourth-order valence-electron chi connectivity index (χ4n) is 4.49. The molecule has 2 aliphatic carbocycles. The quantitative estimate of drug-likeness (QED) is 0.147. The van der Waals surface area contributed by atoms with Gasteiger partial charge in [0, 0.05) is 11.6 Å². The zero-order valence-corrected chi connectivity index (χ0v) is 18.2. The van der Waals surface area contributed by atoms with Gasteiger partial charge in [-0.05, 0) is 57.3 Å². The molecule has 0 aromatic carbocycles. The fourth-order valence-corrected chi connectivity index (χ4v) is 4.49. The van der Waals surface area contributed by atoms with Crippen LogP contribution in [0.4, 0.5) is 26.3 Å². The Kier molecular flexibility index (Phi) is 8.83. The van der Waals surface area contributed by atoms with Crippen molar-refractivity contribution in [2.45, 2.75) is 82.3 Å². The predicted molar refractivity (Wildman–Crippen MR) is 103 cm³/mol. The number of carbonyl (C=O) groups is 2. The predicted octanol–water partition coefficient (Wildman–Crippen LogP) is 4.37. The maximum atomic E-state index is 12.6. The van der Waals surface area contributed by atoms with Crippen molar-refractivity contribution in [3.63, 3.8) is 0 Å². The first kappa shape index (κ1) is 27.4. The molecule has 0 saturated heterocycles. The van der Waals surface area contributed by atoms with E-state index >= 15 is 0 Å². The Hall–Kier alpha value is -1.82. The van der Waals surface area contributed by atoms with Crippen LogP contribution in [0.25, 0.3) is 0 Å². The number of halogens is 6. The van der Waals surface area contributed by atoms with Crippen molar-refractivity contribution in [2.24, 2.45) is 17.8 Å². The molecule has 2 rings (SSSR count). The maximum absolute atomic E-state index is 12.6. The van der Waals surface area contributed by atoms with Crippen molar-refractivity contribution >= 4 is 11.9 Å². The summed E-state index contributed by atoms with van der Waals surface area (Å²) in [4.78, 5) is 28.7. The Morgan fingerprint density at radius 3 is 2.09 bits per heavy atom. The number of alkyl halides is 6. The molecular formula is C21H29F6NO5. The summed E-state index contributed by atoms with van der Waals surface area (Å²) in [6, 6.07) is -0.0469. The van der Waals surface area contributed by atoms with E-state index in [9.17, 15) is 35.9 Å². The molecule has 0 amide bonds. The molecule has 2 bridgehead atoms. The second-order valence-electron chi connectivity index (χ2n) is 8.92. The Morgan fingerprint density at radius 1 is 0.970 bits per heavy atom. The van der Waals surface area contributed by atoms with Gasteiger partial charge < -0.3 is 14.7 Å². The number of ether oxygens (including phenoxy) is 1. The van der Waals surface area contributed by atoms with Crippen LogP contribution in [0.15, 0.2) is 12.2 Å². The van der Waals surface area contributed by atoms with Gasteiger partial charge in [-0.25, -0.2) is 4.79 Å². The molecule has 2 fully saturated rings. The van der Waals surface area contributed by atoms with Crippen molar-refractivity contribution in [1.29, 1.82) is 0 Å². The molecule has 33 heavy (non-hydrogen) atoms. The van der Waals surface area contributed by atoms with Gasteiger partial charge in [0.2, 0.25) is 0 Å². The minimum Gasteiger partial charge on any atom is -0.465 e. The third-order valence-electron chi connectivity index (χ3n) is 6.43. The van der Waals surface area contributed by atoms with Crippen LogP contribution in [0, 0.1) is 17.8 Å². The van der Waals surface area contributed by atoms with Crippen LogP contribution in [-0.2, 0) is 19.2 Å². The van der Waals surface area contributed by atoms with Gasteiger partial charge in [0.1, 0.15) is 0 Å². The molecule has 0 aromatic heterocycles. The standard InChI is InChI=1S/C21H29F6NO5/c1-12(2)17(29)33-28-16-11-13-9-14(16)10-15(13)18(30)32-8-6-4-3-5-7-19(31,20(22,23)24)21(25,26)27/h13-16,28,31H,1,3-11H2,2H3. The summed E-state index contributed by atoms with van der Waals surface area (Å²) in [6.07, 6.45) is -10.9. The highest BCUT2D eigenvalue weighted by molar-refractivity contribution is 5.86. The van der Waals surface area contributed by atoms with Crippen LogP contribution in [0.1, 0.15) is 58.3 Å². The summed E-state index contributed by atoms with van der Waals surface area (Å²) >= 11 is 0. The number of esters is 1. The van der Waals surface area contributed by atoms with Crippen molar-refractivity contribution in [1.82, 2.24) is 5.48 Å². The van der Waals surface area contributed by atoms with Gasteiger partial charge in [-0.3, -0.25) is 4.79 Å². The number of hydrogen-bond acceptors (Lipinski definition) is 6. The van der Waals surface area contributed by atoms with Gasteiger partial charge in [0.15, 0.2) is 0 Å². The maximum Gasteiger partial charge on any atom is 0.426 e. The molecule has 0 aliphatic heterocycles. The van der Waals surface area contributed by atoms with E-state index in [0.717, 1.165) is 6.42 Å². The Bertz CT molecular complexity index is 709. The fraction of sp³-hybridized carbons (Fsp3) is 0.810. The largest absolute Gasteiger partial charge is 0.465 e. The monoisotopic (exact) mass is 489 g/mol. The number of unbranched alkanes of at least 4 members (excludes halogenated alkanes) is 3. The van der Waals surface area contributed by atoms with Crippen molar-refractivity contribution < 1.29 is 50.6 Å². The molecule has 2 aliphatic rings. The molecule has 0 radical (unpaired) electrons. The van der Waals surface area contributed by atoms with Crippen molar-refractivity contribution in [3.8, 4) is 0 Å². The topological polar surface area (TPSA) is 84.9 Å². The van der Waals surface area contributed by atoms with Crippen molar-refractivity contribution in [3.05, 3.63) is 12.2 Å². The summed E-state index contributed by atoms with van der Waals surface area (Å²) in [5, 5.41) is 9.08. The highest BCUT2D eigenvalue weighted by Gasteiger charge is 2.69. The van der Waals surface area contributed by atoms with Crippen LogP contribution in [0.5, 0.6) is 0 Å². The summed E-state index contributed by atoms with van der Waals surface area (Å²) < 4.78 is 80.9. The van der Waals surface area contributed by atoms with E-state index in [2.05, 4.69) is 12.1 Å². The van der Waals surface area contributed by atoms with Gasteiger partial charge in [-0.1, -0.05) is 19.4 Å². The third-order valence-corrected chi connectivity index (χ3v) is 6.43. The van der Waals surface area contributed by atoms with E-state index in [-0.39, 0.29) is 54.8 Å². The molecule has 4 unspecified atom stereocenters. The average Bonchev–Trinajstić information content (AvgIpc) is 3.29. The minimum atomic E-state index is -5.80. The van der Waals surface area contributed by atoms with E-state index in [4.69, 9.17) is 14.7 Å². The molecule has 2 saturated carbocycles. The number of hydrogen-bond donors (Lipinski definition) is 2. The van der Waals surface area contributed by atoms with Crippen LogP contribution in [-0.4, -0.2) is 47.6 Å². The average molecular weight is 489 g/mol. The summed E-state index contributed by atoms with van der Waals surface area (Å²) in [5.41, 5.74) is -1.72. The molecule has 4 atom stereocenters. The van der Waals surface area contributed by atoms with Gasteiger partial charge in [-0.15, -0.1) is 5.48 Å². The summed E-state index contributed by atoms with van der Waals surface area (Å²) in [7, 11) is 0. The van der Waals surface area contributed by atoms with Gasteiger partial charge in [0.25, 0.3) is 5.60 Å². The van der Waals surface area contributed by atoms with Crippen LogP contribution >= 0.6 is 0 Å². The number of carbonyl (C=O) groups excluding carboxylic acids is 2. The highest BCUT2D eigenvalue weighted by atomic mass is 19.4. The van der Waals surface area contributed by atoms with Gasteiger partial charge in [0.05, 0.1) is 12.5 Å². The second kappa shape index (κ2) is 10.6. The molecule has 0 heterocycles. The number of aliphatic hydroxyl groups is 1. The Morgan fingerprint density at radius 2 is 1.58 bits per heavy atom. The Labute approximate surface area is 187 Å². The molecule has 12 heteroatoms. The number of nitrogens with one attached hydrogen (secondary N) is 1. The SMILES string of the molecule is C=C(C)C(=O)ONC1CC2CC1CC2C(=O)OCCCCCCC(O)(C(F)(F)F)C(F)(F)F. The van der Waals surface area contributed by atoms with Crippen LogP contribution in [0.2, 0.25) is 0 Å². The van der Waals surface area contributed by atoms with Gasteiger partial charge >= 0.3 is 24.3 Å². The molecule has 6 nitrogen and oxygen atoms in total. The molecule has 0 aromatic rings. The highest BCUT2D eigenvalue weighted by Crippen LogP contribution is 2.49. The minimum absolute atomic E-state index is 0.0213. The normalized spacial score (nSPS) is 25.2. The number of hydroxylamine groups is 1. The molecule has 190 valence electrons. The smallest absolute Gasteiger partial charge is 0.426 e. The van der Waals surface area contributed by atoms with Crippen LogP contribution in [0.3, 0.4) is 0 Å².